The molecule has 1 aromatic carbocycles. The van der Waals surface area contributed by atoms with Gasteiger partial charge in [0.25, 0.3) is 5.69 Å². The average Bonchev–Trinajstić information content (AvgIpc) is 2.72. The van der Waals surface area contributed by atoms with Crippen molar-refractivity contribution in [2.45, 2.75) is 18.9 Å². The lowest BCUT2D eigenvalue weighted by atomic mass is 10.0. The minimum atomic E-state index is -2.63. The number of nitro benzene ring substituents is 1. The number of hydrogen-bond donors (Lipinski definition) is 1. The number of halogens is 2. The fraction of sp³-hybridized carbons (Fsp3) is 0.400. The van der Waals surface area contributed by atoms with Crippen molar-refractivity contribution in [3.63, 3.8) is 0 Å². The molecule has 0 bridgehead atoms. The molecule has 0 saturated carbocycles. The summed E-state index contributed by atoms with van der Waals surface area (Å²) in [6, 6.07) is 1.30. The zero-order valence-electron chi connectivity index (χ0n) is 9.14. The fourth-order valence-electron chi connectivity index (χ4n) is 1.72. The standard InChI is InChI=1S/C10H10F2N2O4/c11-10(12)2-6(13)5-1-8-9(18-4-17-8)3-7(5)14(15)16/h1,3,6,10H,2,4,13H2/t6-/m1/s1. The van der Waals surface area contributed by atoms with Gasteiger partial charge in [-0.15, -0.1) is 0 Å². The van der Waals surface area contributed by atoms with Gasteiger partial charge in [0.1, 0.15) is 0 Å². The van der Waals surface area contributed by atoms with Crippen molar-refractivity contribution < 1.29 is 23.2 Å². The first kappa shape index (κ1) is 12.5. The molecule has 1 aliphatic heterocycles. The molecule has 0 aromatic heterocycles. The van der Waals surface area contributed by atoms with Gasteiger partial charge in [0.2, 0.25) is 13.2 Å². The van der Waals surface area contributed by atoms with Gasteiger partial charge in [-0.3, -0.25) is 10.1 Å². The minimum absolute atomic E-state index is 0.0181. The Bertz CT molecular complexity index is 481. The maximum Gasteiger partial charge on any atom is 0.278 e. The van der Waals surface area contributed by atoms with Gasteiger partial charge in [0.05, 0.1) is 16.6 Å². The first-order valence-electron chi connectivity index (χ1n) is 5.10. The highest BCUT2D eigenvalue weighted by Gasteiger charge is 2.27. The molecule has 0 aliphatic carbocycles. The lowest BCUT2D eigenvalue weighted by molar-refractivity contribution is -0.385. The van der Waals surface area contributed by atoms with E-state index in [0.29, 0.717) is 0 Å². The molecule has 0 amide bonds. The predicted octanol–water partition coefficient (Wildman–Crippen LogP) is 1.98. The van der Waals surface area contributed by atoms with Crippen LogP contribution in [-0.4, -0.2) is 18.1 Å². The third-order valence-corrected chi connectivity index (χ3v) is 2.55. The average molecular weight is 260 g/mol. The van der Waals surface area contributed by atoms with Crippen LogP contribution in [0.3, 0.4) is 0 Å². The summed E-state index contributed by atoms with van der Waals surface area (Å²) in [5.41, 5.74) is 5.23. The SMILES string of the molecule is N[C@H](CC(F)F)c1cc2c(cc1[N+](=O)[O-])OCO2. The number of hydrogen-bond acceptors (Lipinski definition) is 5. The van der Waals surface area contributed by atoms with E-state index in [1.54, 1.807) is 0 Å². The van der Waals surface area contributed by atoms with Crippen LogP contribution >= 0.6 is 0 Å². The Morgan fingerprint density at radius 3 is 2.56 bits per heavy atom. The molecular formula is C10H10F2N2O4. The van der Waals surface area contributed by atoms with Gasteiger partial charge in [-0.25, -0.2) is 8.78 Å². The van der Waals surface area contributed by atoms with E-state index >= 15 is 0 Å². The third-order valence-electron chi connectivity index (χ3n) is 2.55. The lowest BCUT2D eigenvalue weighted by Gasteiger charge is -2.12. The van der Waals surface area contributed by atoms with Crippen molar-refractivity contribution in [3.05, 3.63) is 27.8 Å². The summed E-state index contributed by atoms with van der Waals surface area (Å²) in [5, 5.41) is 10.9. The number of benzene rings is 1. The molecule has 1 atom stereocenters. The van der Waals surface area contributed by atoms with Crippen molar-refractivity contribution in [2.75, 3.05) is 6.79 Å². The van der Waals surface area contributed by atoms with Crippen LogP contribution in [-0.2, 0) is 0 Å². The Hall–Kier alpha value is -1.96. The van der Waals surface area contributed by atoms with Crippen LogP contribution in [0.1, 0.15) is 18.0 Å². The second kappa shape index (κ2) is 4.73. The number of rotatable bonds is 4. The van der Waals surface area contributed by atoms with Crippen LogP contribution < -0.4 is 15.2 Å². The lowest BCUT2D eigenvalue weighted by Crippen LogP contribution is -2.15. The number of alkyl halides is 2. The molecular weight excluding hydrogens is 250 g/mol. The van der Waals surface area contributed by atoms with Crippen molar-refractivity contribution in [3.8, 4) is 11.5 Å². The third kappa shape index (κ3) is 2.33. The van der Waals surface area contributed by atoms with Crippen LogP contribution in [0.25, 0.3) is 0 Å². The molecule has 0 fully saturated rings. The van der Waals surface area contributed by atoms with Crippen LogP contribution in [0.5, 0.6) is 11.5 Å². The van der Waals surface area contributed by atoms with Crippen molar-refractivity contribution >= 4 is 5.69 Å². The normalized spacial score (nSPS) is 14.9. The summed E-state index contributed by atoms with van der Waals surface area (Å²) in [4.78, 5) is 10.2. The van der Waals surface area contributed by atoms with E-state index in [-0.39, 0.29) is 29.5 Å². The van der Waals surface area contributed by atoms with E-state index < -0.39 is 23.8 Å². The van der Waals surface area contributed by atoms with E-state index in [2.05, 4.69) is 0 Å². The second-order valence-corrected chi connectivity index (χ2v) is 3.75. The van der Waals surface area contributed by atoms with Gasteiger partial charge in [0.15, 0.2) is 11.5 Å². The smallest absolute Gasteiger partial charge is 0.278 e. The van der Waals surface area contributed by atoms with E-state index in [4.69, 9.17) is 15.2 Å². The van der Waals surface area contributed by atoms with Gasteiger partial charge in [-0.1, -0.05) is 0 Å². The number of nitrogens with zero attached hydrogens (tertiary/aromatic N) is 1. The molecule has 1 aliphatic rings. The van der Waals surface area contributed by atoms with Gasteiger partial charge in [0, 0.05) is 12.5 Å². The van der Waals surface area contributed by atoms with E-state index in [1.165, 1.54) is 6.07 Å². The van der Waals surface area contributed by atoms with Gasteiger partial charge >= 0.3 is 0 Å². The molecule has 0 unspecified atom stereocenters. The molecule has 18 heavy (non-hydrogen) atoms. The van der Waals surface area contributed by atoms with E-state index in [0.717, 1.165) is 6.07 Å². The summed E-state index contributed by atoms with van der Waals surface area (Å²) in [6.07, 6.45) is -3.29. The first-order chi connectivity index (χ1) is 8.49. The maximum atomic E-state index is 12.3. The maximum absolute atomic E-state index is 12.3. The molecule has 0 radical (unpaired) electrons. The molecule has 1 aromatic rings. The number of fused-ring (bicyclic) bond motifs is 1. The van der Waals surface area contributed by atoms with Crippen molar-refractivity contribution in [1.82, 2.24) is 0 Å². The van der Waals surface area contributed by atoms with E-state index in [1.807, 2.05) is 0 Å². The Labute approximate surface area is 100 Å². The highest BCUT2D eigenvalue weighted by atomic mass is 19.3. The molecule has 6 nitrogen and oxygen atoms in total. The Morgan fingerprint density at radius 1 is 1.39 bits per heavy atom. The summed E-state index contributed by atoms with van der Waals surface area (Å²) >= 11 is 0. The largest absolute Gasteiger partial charge is 0.454 e. The topological polar surface area (TPSA) is 87.6 Å². The summed E-state index contributed by atoms with van der Waals surface area (Å²) in [5.74, 6) is 0.495. The van der Waals surface area contributed by atoms with Crippen molar-refractivity contribution in [2.24, 2.45) is 5.73 Å². The Balaban J connectivity index is 2.41. The summed E-state index contributed by atoms with van der Waals surface area (Å²) < 4.78 is 34.6. The highest BCUT2D eigenvalue weighted by molar-refractivity contribution is 5.56. The monoisotopic (exact) mass is 260 g/mol. The molecule has 98 valence electrons. The molecule has 0 spiro atoms. The molecule has 0 saturated heterocycles. The second-order valence-electron chi connectivity index (χ2n) is 3.75. The summed E-state index contributed by atoms with van der Waals surface area (Å²) in [7, 11) is 0. The van der Waals surface area contributed by atoms with E-state index in [9.17, 15) is 18.9 Å². The predicted molar refractivity (Wildman–Crippen MR) is 56.8 cm³/mol. The van der Waals surface area contributed by atoms with Crippen LogP contribution in [0.2, 0.25) is 0 Å². The molecule has 8 heteroatoms. The number of nitrogens with two attached hydrogens (primary N) is 1. The highest BCUT2D eigenvalue weighted by Crippen LogP contribution is 2.40. The Morgan fingerprint density at radius 2 is 2.00 bits per heavy atom. The van der Waals surface area contributed by atoms with Gasteiger partial charge < -0.3 is 15.2 Å². The fourth-order valence-corrected chi connectivity index (χ4v) is 1.72. The zero-order chi connectivity index (χ0) is 13.3. The number of nitro groups is 1. The van der Waals surface area contributed by atoms with Gasteiger partial charge in [-0.2, -0.15) is 0 Å². The quantitative estimate of drug-likeness (QED) is 0.660. The van der Waals surface area contributed by atoms with Gasteiger partial charge in [-0.05, 0) is 6.07 Å². The van der Waals surface area contributed by atoms with Crippen LogP contribution in [0.15, 0.2) is 12.1 Å². The molecule has 2 N–H and O–H groups in total. The number of ether oxygens (including phenoxy) is 2. The van der Waals surface area contributed by atoms with Crippen molar-refractivity contribution in [1.29, 1.82) is 0 Å². The zero-order valence-corrected chi connectivity index (χ0v) is 9.14. The molecule has 1 heterocycles. The van der Waals surface area contributed by atoms with Crippen LogP contribution in [0, 0.1) is 10.1 Å². The first-order valence-corrected chi connectivity index (χ1v) is 5.10. The van der Waals surface area contributed by atoms with Crippen LogP contribution in [0.4, 0.5) is 14.5 Å². The molecule has 2 rings (SSSR count). The Kier molecular flexibility index (Phi) is 3.28. The minimum Gasteiger partial charge on any atom is -0.454 e. The summed E-state index contributed by atoms with van der Waals surface area (Å²) in [6.45, 7) is -0.0555.